The minimum atomic E-state index is -3.05. The number of hydrogen-bond acceptors (Lipinski definition) is 4. The van der Waals surface area contributed by atoms with E-state index in [0.717, 1.165) is 24.3 Å². The molecule has 35 heavy (non-hydrogen) atoms. The molecule has 1 aliphatic heterocycles. The fourth-order valence-electron chi connectivity index (χ4n) is 4.35. The molecule has 0 saturated heterocycles. The van der Waals surface area contributed by atoms with Gasteiger partial charge in [-0.3, -0.25) is 9.59 Å². The monoisotopic (exact) mass is 493 g/mol. The Morgan fingerprint density at radius 3 is 2.43 bits per heavy atom. The van der Waals surface area contributed by atoms with Crippen molar-refractivity contribution in [2.45, 2.75) is 18.8 Å². The molecule has 12 heteroatoms. The number of likely N-dealkylation sites (N-methyl/N-ethyl adjacent to an activating group) is 1. The van der Waals surface area contributed by atoms with Crippen molar-refractivity contribution in [2.24, 2.45) is 0 Å². The van der Waals surface area contributed by atoms with Crippen molar-refractivity contribution >= 4 is 27.6 Å². The molecule has 2 aromatic carbocycles. The van der Waals surface area contributed by atoms with Crippen LogP contribution in [0.3, 0.4) is 0 Å². The van der Waals surface area contributed by atoms with Crippen LogP contribution in [0.4, 0.5) is 22.0 Å². The van der Waals surface area contributed by atoms with Crippen molar-refractivity contribution in [1.29, 1.82) is 0 Å². The van der Waals surface area contributed by atoms with Gasteiger partial charge in [-0.2, -0.15) is 0 Å². The highest BCUT2D eigenvalue weighted by Gasteiger charge is 2.35. The quantitative estimate of drug-likeness (QED) is 0.373. The van der Waals surface area contributed by atoms with Gasteiger partial charge in [-0.1, -0.05) is 0 Å². The van der Waals surface area contributed by atoms with Crippen molar-refractivity contribution in [3.8, 4) is 0 Å². The first-order valence-corrected chi connectivity index (χ1v) is 10.3. The number of ether oxygens (including phenoxy) is 1. The fraction of sp³-hybridized carbons (Fsp3) is 0.217. The van der Waals surface area contributed by atoms with Crippen molar-refractivity contribution < 1.29 is 36.6 Å². The van der Waals surface area contributed by atoms with Gasteiger partial charge in [0, 0.05) is 23.5 Å². The molecule has 2 atom stereocenters. The van der Waals surface area contributed by atoms with E-state index in [4.69, 9.17) is 4.74 Å². The van der Waals surface area contributed by atoms with Crippen LogP contribution in [0.2, 0.25) is 0 Å². The summed E-state index contributed by atoms with van der Waals surface area (Å²) in [5.41, 5.74) is -1.53. The number of H-pyrrole nitrogens is 2. The maximum atomic E-state index is 14.1. The number of carbonyl (C=O) groups is 1. The van der Waals surface area contributed by atoms with Gasteiger partial charge in [0.05, 0.1) is 29.3 Å². The second-order valence-electron chi connectivity index (χ2n) is 8.16. The molecule has 3 N–H and O–H groups in total. The molecule has 1 amide bonds. The average molecular weight is 493 g/mol. The molecule has 182 valence electrons. The zero-order valence-electron chi connectivity index (χ0n) is 17.8. The minimum absolute atomic E-state index is 0.0186. The van der Waals surface area contributed by atoms with E-state index >= 15 is 0 Å². The summed E-state index contributed by atoms with van der Waals surface area (Å²) >= 11 is 0. The van der Waals surface area contributed by atoms with Crippen LogP contribution in [0.5, 0.6) is 0 Å². The van der Waals surface area contributed by atoms with E-state index < -0.39 is 53.2 Å². The molecule has 0 radical (unpaired) electrons. The average Bonchev–Trinajstić information content (AvgIpc) is 3.22. The maximum Gasteiger partial charge on any atom is 0.270 e. The third-order valence-corrected chi connectivity index (χ3v) is 6.12. The molecule has 3 heterocycles. The summed E-state index contributed by atoms with van der Waals surface area (Å²) in [5, 5.41) is 10.2. The molecule has 0 saturated carbocycles. The van der Waals surface area contributed by atoms with Gasteiger partial charge < -0.3 is 24.7 Å². The van der Waals surface area contributed by atoms with Gasteiger partial charge in [0.25, 0.3) is 17.9 Å². The number of nitrogens with one attached hydrogen (secondary N) is 2. The molecule has 0 spiro atoms. The molecule has 5 rings (SSSR count). The number of aliphatic hydroxyl groups is 1. The Morgan fingerprint density at radius 1 is 1.06 bits per heavy atom. The van der Waals surface area contributed by atoms with Crippen molar-refractivity contribution in [2.75, 3.05) is 13.7 Å². The van der Waals surface area contributed by atoms with Crippen molar-refractivity contribution in [3.63, 3.8) is 0 Å². The summed E-state index contributed by atoms with van der Waals surface area (Å²) in [6.07, 6.45) is -4.63. The number of alkyl halides is 2. The Kier molecular flexibility index (Phi) is 5.37. The summed E-state index contributed by atoms with van der Waals surface area (Å²) in [6.45, 7) is -0.263. The van der Waals surface area contributed by atoms with E-state index in [0.29, 0.717) is 0 Å². The van der Waals surface area contributed by atoms with E-state index in [9.17, 15) is 36.6 Å². The Bertz CT molecular complexity index is 1560. The van der Waals surface area contributed by atoms with Crippen molar-refractivity contribution in [3.05, 3.63) is 80.7 Å². The molecular formula is C23H16F5N3O4. The van der Waals surface area contributed by atoms with Crippen LogP contribution in [0.1, 0.15) is 46.1 Å². The molecule has 2 aromatic heterocycles. The van der Waals surface area contributed by atoms with Gasteiger partial charge in [0.1, 0.15) is 11.5 Å². The summed E-state index contributed by atoms with van der Waals surface area (Å²) in [7, 11) is 1.37. The molecule has 1 aliphatic rings. The number of halogens is 5. The van der Waals surface area contributed by atoms with Crippen LogP contribution in [0.25, 0.3) is 21.7 Å². The number of rotatable bonds is 3. The number of pyridine rings is 1. The maximum absolute atomic E-state index is 14.1. The predicted octanol–water partition coefficient (Wildman–Crippen LogP) is 4.20. The number of aromatic amines is 2. The van der Waals surface area contributed by atoms with Gasteiger partial charge in [0.15, 0.2) is 17.9 Å². The first-order chi connectivity index (χ1) is 16.6. The van der Waals surface area contributed by atoms with Gasteiger partial charge in [0.2, 0.25) is 0 Å². The lowest BCUT2D eigenvalue weighted by Gasteiger charge is -2.35. The molecule has 4 aromatic rings. The highest BCUT2D eigenvalue weighted by atomic mass is 19.3. The van der Waals surface area contributed by atoms with Crippen LogP contribution in [-0.4, -0.2) is 39.5 Å². The molecule has 0 bridgehead atoms. The van der Waals surface area contributed by atoms with Crippen LogP contribution in [0, 0.1) is 17.5 Å². The van der Waals surface area contributed by atoms with E-state index in [1.807, 2.05) is 0 Å². The van der Waals surface area contributed by atoms with E-state index in [2.05, 4.69) is 9.97 Å². The van der Waals surface area contributed by atoms with E-state index in [-0.39, 0.29) is 45.2 Å². The Balaban J connectivity index is 1.60. The topological polar surface area (TPSA) is 98.4 Å². The number of amides is 1. The highest BCUT2D eigenvalue weighted by molar-refractivity contribution is 5.98. The fourth-order valence-corrected chi connectivity index (χ4v) is 4.35. The van der Waals surface area contributed by atoms with Crippen LogP contribution in [0.15, 0.2) is 35.1 Å². The SMILES string of the molecule is CN(C(=O)c1cc2cc(F)c(C(F)F)cc2[nH]1)[C@@H]1CO[C@H](O)c2[nH]c(=O)c3cc(F)c(F)cc3c21. The Morgan fingerprint density at radius 2 is 1.74 bits per heavy atom. The molecule has 0 unspecified atom stereocenters. The van der Waals surface area contributed by atoms with E-state index in [1.54, 1.807) is 0 Å². The third kappa shape index (κ3) is 3.65. The largest absolute Gasteiger partial charge is 0.363 e. The number of aliphatic hydroxyl groups excluding tert-OH is 1. The molecular weight excluding hydrogens is 477 g/mol. The first-order valence-electron chi connectivity index (χ1n) is 10.3. The van der Waals surface area contributed by atoms with Crippen LogP contribution < -0.4 is 5.56 Å². The number of nitrogens with zero attached hydrogens (tertiary/aromatic N) is 1. The number of carbonyl (C=O) groups excluding carboxylic acids is 1. The molecule has 0 aliphatic carbocycles. The highest BCUT2D eigenvalue weighted by Crippen LogP contribution is 2.38. The third-order valence-electron chi connectivity index (χ3n) is 6.12. The normalized spacial score (nSPS) is 17.8. The summed E-state index contributed by atoms with van der Waals surface area (Å²) in [6, 6.07) is 3.64. The van der Waals surface area contributed by atoms with Gasteiger partial charge in [-0.25, -0.2) is 22.0 Å². The van der Waals surface area contributed by atoms with E-state index in [1.165, 1.54) is 18.0 Å². The van der Waals surface area contributed by atoms with Crippen LogP contribution in [-0.2, 0) is 4.74 Å². The number of aromatic nitrogens is 2. The molecule has 7 nitrogen and oxygen atoms in total. The first kappa shape index (κ1) is 23.0. The standard InChI is InChI=1S/C23H16F5N3O4/c1-31(22(33)16-3-8-2-12(24)11(20(27)28)6-15(8)29-16)17-7-35-23(34)19-18(17)9-4-13(25)14(26)5-10(9)21(32)30-19/h2-6,17,20,23,29,34H,7H2,1H3,(H,30,32)/t17-,23+/m1/s1. The Hall–Kier alpha value is -3.77. The summed E-state index contributed by atoms with van der Waals surface area (Å²) in [4.78, 5) is 31.9. The zero-order chi connectivity index (χ0) is 25.2. The lowest BCUT2D eigenvalue weighted by Crippen LogP contribution is -2.39. The van der Waals surface area contributed by atoms with Gasteiger partial charge in [-0.05, 0) is 35.7 Å². The smallest absolute Gasteiger partial charge is 0.270 e. The minimum Gasteiger partial charge on any atom is -0.363 e. The van der Waals surface area contributed by atoms with Gasteiger partial charge in [-0.15, -0.1) is 0 Å². The second kappa shape index (κ2) is 8.17. The number of hydrogen-bond donors (Lipinski definition) is 3. The predicted molar refractivity (Wildman–Crippen MR) is 113 cm³/mol. The van der Waals surface area contributed by atoms with Gasteiger partial charge >= 0.3 is 0 Å². The summed E-state index contributed by atoms with van der Waals surface area (Å²) < 4.78 is 73.2. The number of fused-ring (bicyclic) bond motifs is 4. The lowest BCUT2D eigenvalue weighted by atomic mass is 9.94. The van der Waals surface area contributed by atoms with Crippen molar-refractivity contribution in [1.82, 2.24) is 14.9 Å². The van der Waals surface area contributed by atoms with Crippen LogP contribution >= 0.6 is 0 Å². The summed E-state index contributed by atoms with van der Waals surface area (Å²) in [5.74, 6) is -4.26. The number of benzene rings is 2. The Labute approximate surface area is 192 Å². The lowest BCUT2D eigenvalue weighted by molar-refractivity contribution is -0.129. The molecule has 0 fully saturated rings. The second-order valence-corrected chi connectivity index (χ2v) is 8.16. The zero-order valence-corrected chi connectivity index (χ0v) is 17.8.